The maximum Gasteiger partial charge on any atom is 0.255 e. The summed E-state index contributed by atoms with van der Waals surface area (Å²) in [6, 6.07) is 14.5. The number of nitrogens with one attached hydrogen (secondary N) is 3. The number of carbonyl (C=O) groups excluding carboxylic acids is 2. The molecule has 0 unspecified atom stereocenters. The van der Waals surface area contributed by atoms with Crippen LogP contribution in [0.15, 0.2) is 54.7 Å². The molecule has 2 aromatic carbocycles. The SMILES string of the molecule is CN(C)CC(=O)Nc1cccc(CNC(=O)c2cn[nH]c2-c2ccc(Cl)cc2)c1. The molecule has 29 heavy (non-hydrogen) atoms. The zero-order valence-corrected chi connectivity index (χ0v) is 17.0. The van der Waals surface area contributed by atoms with Crippen LogP contribution in [0.5, 0.6) is 0 Å². The van der Waals surface area contributed by atoms with E-state index in [1.807, 2.05) is 50.5 Å². The third-order valence-corrected chi connectivity index (χ3v) is 4.39. The van der Waals surface area contributed by atoms with Gasteiger partial charge in [0.1, 0.15) is 0 Å². The van der Waals surface area contributed by atoms with E-state index < -0.39 is 0 Å². The average Bonchev–Trinajstić information content (AvgIpc) is 3.16. The van der Waals surface area contributed by atoms with Crippen LogP contribution in [-0.2, 0) is 11.3 Å². The highest BCUT2D eigenvalue weighted by atomic mass is 35.5. The molecular formula is C21H22ClN5O2. The van der Waals surface area contributed by atoms with Crippen LogP contribution in [0.2, 0.25) is 5.02 Å². The van der Waals surface area contributed by atoms with Gasteiger partial charge in [0, 0.05) is 22.8 Å². The lowest BCUT2D eigenvalue weighted by atomic mass is 10.1. The second-order valence-corrected chi connectivity index (χ2v) is 7.27. The summed E-state index contributed by atoms with van der Waals surface area (Å²) in [6.45, 7) is 0.621. The first-order valence-corrected chi connectivity index (χ1v) is 9.41. The van der Waals surface area contributed by atoms with Crippen LogP contribution >= 0.6 is 11.6 Å². The number of hydrogen-bond acceptors (Lipinski definition) is 4. The van der Waals surface area contributed by atoms with Gasteiger partial charge in [-0.15, -0.1) is 0 Å². The van der Waals surface area contributed by atoms with Gasteiger partial charge >= 0.3 is 0 Å². The van der Waals surface area contributed by atoms with Gasteiger partial charge in [0.15, 0.2) is 0 Å². The Morgan fingerprint density at radius 2 is 1.90 bits per heavy atom. The van der Waals surface area contributed by atoms with E-state index in [0.717, 1.165) is 11.1 Å². The van der Waals surface area contributed by atoms with E-state index in [1.54, 1.807) is 17.0 Å². The molecule has 0 spiro atoms. The van der Waals surface area contributed by atoms with Crippen molar-refractivity contribution in [3.63, 3.8) is 0 Å². The normalized spacial score (nSPS) is 10.8. The van der Waals surface area contributed by atoms with Gasteiger partial charge in [-0.1, -0.05) is 35.9 Å². The van der Waals surface area contributed by atoms with E-state index >= 15 is 0 Å². The van der Waals surface area contributed by atoms with Gasteiger partial charge in [-0.05, 0) is 43.9 Å². The highest BCUT2D eigenvalue weighted by Crippen LogP contribution is 2.23. The fraction of sp³-hybridized carbons (Fsp3) is 0.190. The second-order valence-electron chi connectivity index (χ2n) is 6.83. The Balaban J connectivity index is 1.65. The predicted molar refractivity (Wildman–Crippen MR) is 114 cm³/mol. The number of likely N-dealkylation sites (N-methyl/N-ethyl adjacent to an activating group) is 1. The van der Waals surface area contributed by atoms with Crippen LogP contribution in [0.3, 0.4) is 0 Å². The van der Waals surface area contributed by atoms with Crippen LogP contribution in [0.4, 0.5) is 5.69 Å². The van der Waals surface area contributed by atoms with E-state index in [-0.39, 0.29) is 11.8 Å². The Morgan fingerprint density at radius 1 is 1.14 bits per heavy atom. The Hall–Kier alpha value is -3.16. The van der Waals surface area contributed by atoms with Crippen LogP contribution in [0.1, 0.15) is 15.9 Å². The summed E-state index contributed by atoms with van der Waals surface area (Å²) in [4.78, 5) is 26.4. The predicted octanol–water partition coefficient (Wildman–Crippen LogP) is 3.16. The maximum atomic E-state index is 12.7. The molecule has 0 atom stereocenters. The van der Waals surface area contributed by atoms with Crippen LogP contribution in [-0.4, -0.2) is 47.6 Å². The average molecular weight is 412 g/mol. The van der Waals surface area contributed by atoms with Crippen molar-refractivity contribution in [2.24, 2.45) is 0 Å². The monoisotopic (exact) mass is 411 g/mol. The van der Waals surface area contributed by atoms with Crippen molar-refractivity contribution in [3.8, 4) is 11.3 Å². The minimum Gasteiger partial charge on any atom is -0.348 e. The summed E-state index contributed by atoms with van der Waals surface area (Å²) in [5.74, 6) is -0.340. The van der Waals surface area contributed by atoms with Crippen LogP contribution in [0, 0.1) is 0 Å². The largest absolute Gasteiger partial charge is 0.348 e. The molecule has 8 heteroatoms. The number of rotatable bonds is 7. The molecule has 7 nitrogen and oxygen atoms in total. The molecule has 1 heterocycles. The van der Waals surface area contributed by atoms with E-state index in [9.17, 15) is 9.59 Å². The summed E-state index contributed by atoms with van der Waals surface area (Å²) >= 11 is 5.93. The summed E-state index contributed by atoms with van der Waals surface area (Å²) in [6.07, 6.45) is 1.50. The number of benzene rings is 2. The summed E-state index contributed by atoms with van der Waals surface area (Å²) < 4.78 is 0. The van der Waals surface area contributed by atoms with Gasteiger partial charge in [-0.3, -0.25) is 14.7 Å². The lowest BCUT2D eigenvalue weighted by molar-refractivity contribution is -0.116. The Kier molecular flexibility index (Phi) is 6.64. The van der Waals surface area contributed by atoms with Gasteiger partial charge in [0.2, 0.25) is 5.91 Å². The first-order valence-electron chi connectivity index (χ1n) is 9.03. The maximum absolute atomic E-state index is 12.7. The van der Waals surface area contributed by atoms with E-state index in [4.69, 9.17) is 11.6 Å². The van der Waals surface area contributed by atoms with Gasteiger partial charge in [-0.2, -0.15) is 5.10 Å². The highest BCUT2D eigenvalue weighted by Gasteiger charge is 2.15. The number of carbonyl (C=O) groups is 2. The van der Waals surface area contributed by atoms with Crippen molar-refractivity contribution in [2.75, 3.05) is 26.0 Å². The van der Waals surface area contributed by atoms with Crippen molar-refractivity contribution in [2.45, 2.75) is 6.54 Å². The van der Waals surface area contributed by atoms with Crippen LogP contribution < -0.4 is 10.6 Å². The van der Waals surface area contributed by atoms with Gasteiger partial charge in [0.25, 0.3) is 5.91 Å². The zero-order chi connectivity index (χ0) is 20.8. The topological polar surface area (TPSA) is 90.1 Å². The molecule has 0 fully saturated rings. The summed E-state index contributed by atoms with van der Waals surface area (Å²) in [7, 11) is 3.67. The summed E-state index contributed by atoms with van der Waals surface area (Å²) in [5, 5.41) is 13.2. The fourth-order valence-corrected chi connectivity index (χ4v) is 2.95. The molecule has 0 radical (unpaired) electrons. The van der Waals surface area contributed by atoms with Gasteiger partial charge < -0.3 is 15.5 Å². The van der Waals surface area contributed by atoms with Gasteiger partial charge in [0.05, 0.1) is 24.0 Å². The number of amides is 2. The molecule has 0 aliphatic heterocycles. The molecule has 3 rings (SSSR count). The number of halogens is 1. The van der Waals surface area contributed by atoms with Gasteiger partial charge in [-0.25, -0.2) is 0 Å². The first kappa shape index (κ1) is 20.6. The molecule has 0 bridgehead atoms. The number of nitrogens with zero attached hydrogens (tertiary/aromatic N) is 2. The molecule has 0 saturated heterocycles. The standard InChI is InChI=1S/C21H22ClN5O2/c1-27(2)13-19(28)25-17-5-3-4-14(10-17)11-23-21(29)18-12-24-26-20(18)15-6-8-16(22)9-7-15/h3-10,12H,11,13H2,1-2H3,(H,23,29)(H,24,26)(H,25,28). The van der Waals surface area contributed by atoms with Crippen molar-refractivity contribution in [1.82, 2.24) is 20.4 Å². The quantitative estimate of drug-likeness (QED) is 0.557. The lowest BCUT2D eigenvalue weighted by Gasteiger charge is -2.11. The molecule has 0 aliphatic carbocycles. The molecule has 1 aromatic heterocycles. The van der Waals surface area contributed by atoms with E-state index in [1.165, 1.54) is 6.20 Å². The minimum absolute atomic E-state index is 0.0952. The molecule has 0 saturated carbocycles. The van der Waals surface area contributed by atoms with Crippen molar-refractivity contribution in [1.29, 1.82) is 0 Å². The Morgan fingerprint density at radius 3 is 2.62 bits per heavy atom. The third-order valence-electron chi connectivity index (χ3n) is 4.14. The molecule has 3 N–H and O–H groups in total. The molecule has 150 valence electrons. The lowest BCUT2D eigenvalue weighted by Crippen LogP contribution is -2.27. The van der Waals surface area contributed by atoms with E-state index in [2.05, 4.69) is 20.8 Å². The third kappa shape index (κ3) is 5.66. The smallest absolute Gasteiger partial charge is 0.255 e. The molecule has 2 amide bonds. The first-order chi connectivity index (χ1) is 13.9. The Bertz CT molecular complexity index is 998. The van der Waals surface area contributed by atoms with E-state index in [0.29, 0.717) is 35.1 Å². The highest BCUT2D eigenvalue weighted by molar-refractivity contribution is 6.30. The number of aromatic amines is 1. The zero-order valence-electron chi connectivity index (χ0n) is 16.2. The van der Waals surface area contributed by atoms with Crippen LogP contribution in [0.25, 0.3) is 11.3 Å². The minimum atomic E-state index is -0.245. The Labute approximate surface area is 174 Å². The second kappa shape index (κ2) is 9.36. The molecule has 3 aromatic rings. The number of H-pyrrole nitrogens is 1. The number of aromatic nitrogens is 2. The summed E-state index contributed by atoms with van der Waals surface area (Å²) in [5.41, 5.74) is 3.46. The van der Waals surface area contributed by atoms with Crippen molar-refractivity contribution >= 4 is 29.1 Å². The van der Waals surface area contributed by atoms with Crippen molar-refractivity contribution in [3.05, 3.63) is 70.9 Å². The molecule has 0 aliphatic rings. The molecular weight excluding hydrogens is 390 g/mol. The number of hydrogen-bond donors (Lipinski definition) is 3. The number of anilines is 1. The fourth-order valence-electron chi connectivity index (χ4n) is 2.82. The van der Waals surface area contributed by atoms with Crippen molar-refractivity contribution < 1.29 is 9.59 Å².